The molecule has 7 nitrogen and oxygen atoms in total. The second-order valence-corrected chi connectivity index (χ2v) is 4.28. The average Bonchev–Trinajstić information content (AvgIpc) is 2.64. The third kappa shape index (κ3) is 1.84. The molecule has 2 unspecified atom stereocenters. The van der Waals surface area contributed by atoms with Gasteiger partial charge in [-0.25, -0.2) is 9.48 Å². The SMILES string of the molecule is CC1CCN(c2nnnn2C)C(C(=O)O)C1. The van der Waals surface area contributed by atoms with Gasteiger partial charge in [-0.05, 0) is 29.2 Å². The topological polar surface area (TPSA) is 84.1 Å². The molecule has 0 spiro atoms. The monoisotopic (exact) mass is 225 g/mol. The molecule has 7 heteroatoms. The summed E-state index contributed by atoms with van der Waals surface area (Å²) < 4.78 is 1.51. The van der Waals surface area contributed by atoms with Gasteiger partial charge in [0.15, 0.2) is 0 Å². The van der Waals surface area contributed by atoms with Crippen molar-refractivity contribution in [2.45, 2.75) is 25.8 Å². The van der Waals surface area contributed by atoms with Crippen LogP contribution in [0.4, 0.5) is 5.95 Å². The molecule has 2 heterocycles. The number of rotatable bonds is 2. The van der Waals surface area contributed by atoms with Crippen LogP contribution >= 0.6 is 0 Å². The van der Waals surface area contributed by atoms with E-state index in [4.69, 9.17) is 0 Å². The first kappa shape index (κ1) is 10.8. The van der Waals surface area contributed by atoms with Crippen molar-refractivity contribution in [3.05, 3.63) is 0 Å². The quantitative estimate of drug-likeness (QED) is 0.756. The Morgan fingerprint density at radius 3 is 2.88 bits per heavy atom. The van der Waals surface area contributed by atoms with Gasteiger partial charge in [-0.2, -0.15) is 0 Å². The molecule has 0 amide bonds. The summed E-state index contributed by atoms with van der Waals surface area (Å²) in [6, 6.07) is -0.520. The first-order valence-electron chi connectivity index (χ1n) is 5.31. The number of hydrogen-bond acceptors (Lipinski definition) is 5. The lowest BCUT2D eigenvalue weighted by molar-refractivity contribution is -0.139. The average molecular weight is 225 g/mol. The van der Waals surface area contributed by atoms with E-state index >= 15 is 0 Å². The molecule has 2 atom stereocenters. The largest absolute Gasteiger partial charge is 0.480 e. The fraction of sp³-hybridized carbons (Fsp3) is 0.778. The minimum Gasteiger partial charge on any atom is -0.480 e. The maximum atomic E-state index is 11.2. The van der Waals surface area contributed by atoms with E-state index in [0.29, 0.717) is 24.8 Å². The number of carboxylic acid groups (broad SMARTS) is 1. The van der Waals surface area contributed by atoms with E-state index in [-0.39, 0.29) is 0 Å². The van der Waals surface area contributed by atoms with Gasteiger partial charge in [0.1, 0.15) is 6.04 Å². The second kappa shape index (κ2) is 4.07. The van der Waals surface area contributed by atoms with Crippen molar-refractivity contribution >= 4 is 11.9 Å². The summed E-state index contributed by atoms with van der Waals surface area (Å²) in [4.78, 5) is 13.0. The lowest BCUT2D eigenvalue weighted by Gasteiger charge is -2.35. The molecule has 1 fully saturated rings. The molecule has 0 radical (unpaired) electrons. The highest BCUT2D eigenvalue weighted by Gasteiger charge is 2.34. The van der Waals surface area contributed by atoms with Gasteiger partial charge in [-0.3, -0.25) is 0 Å². The maximum Gasteiger partial charge on any atom is 0.326 e. The van der Waals surface area contributed by atoms with Crippen LogP contribution < -0.4 is 4.90 Å². The number of carboxylic acids is 1. The third-order valence-corrected chi connectivity index (χ3v) is 3.00. The van der Waals surface area contributed by atoms with Crippen LogP contribution in [0.25, 0.3) is 0 Å². The standard InChI is InChI=1S/C9H15N5O2/c1-6-3-4-14(7(5-6)8(15)16)9-10-11-12-13(9)2/h6-7H,3-5H2,1-2H3,(H,15,16). The van der Waals surface area contributed by atoms with Crippen LogP contribution in [-0.2, 0) is 11.8 Å². The minimum atomic E-state index is -0.811. The van der Waals surface area contributed by atoms with Gasteiger partial charge in [0.2, 0.25) is 5.95 Å². The Kier molecular flexibility index (Phi) is 2.76. The second-order valence-electron chi connectivity index (χ2n) is 4.28. The van der Waals surface area contributed by atoms with Crippen LogP contribution in [0, 0.1) is 5.92 Å². The molecule has 0 aliphatic carbocycles. The zero-order chi connectivity index (χ0) is 11.7. The van der Waals surface area contributed by atoms with Crippen molar-refractivity contribution in [3.63, 3.8) is 0 Å². The molecule has 0 aromatic carbocycles. The molecular formula is C9H15N5O2. The number of aromatic nitrogens is 4. The van der Waals surface area contributed by atoms with Gasteiger partial charge >= 0.3 is 5.97 Å². The Labute approximate surface area is 93.0 Å². The van der Waals surface area contributed by atoms with Gasteiger partial charge < -0.3 is 10.0 Å². The van der Waals surface area contributed by atoms with Crippen molar-refractivity contribution in [1.29, 1.82) is 0 Å². The lowest BCUT2D eigenvalue weighted by Crippen LogP contribution is -2.48. The van der Waals surface area contributed by atoms with Crippen molar-refractivity contribution in [1.82, 2.24) is 20.2 Å². The van der Waals surface area contributed by atoms with Crippen LogP contribution in [-0.4, -0.2) is 43.9 Å². The number of tetrazole rings is 1. The van der Waals surface area contributed by atoms with Crippen LogP contribution in [0.15, 0.2) is 0 Å². The number of aryl methyl sites for hydroxylation is 1. The summed E-state index contributed by atoms with van der Waals surface area (Å²) in [5, 5.41) is 20.3. The summed E-state index contributed by atoms with van der Waals surface area (Å²) in [5.74, 6) is 0.146. The van der Waals surface area contributed by atoms with Crippen molar-refractivity contribution in [2.24, 2.45) is 13.0 Å². The van der Waals surface area contributed by atoms with Crippen LogP contribution in [0.1, 0.15) is 19.8 Å². The van der Waals surface area contributed by atoms with Crippen molar-refractivity contribution < 1.29 is 9.90 Å². The van der Waals surface area contributed by atoms with E-state index in [1.165, 1.54) is 4.68 Å². The Hall–Kier alpha value is -1.66. The van der Waals surface area contributed by atoms with Gasteiger partial charge in [-0.15, -0.1) is 0 Å². The number of nitrogens with zero attached hydrogens (tertiary/aromatic N) is 5. The number of hydrogen-bond donors (Lipinski definition) is 1. The zero-order valence-electron chi connectivity index (χ0n) is 9.37. The maximum absolute atomic E-state index is 11.2. The van der Waals surface area contributed by atoms with Crippen LogP contribution in [0.2, 0.25) is 0 Å². The summed E-state index contributed by atoms with van der Waals surface area (Å²) >= 11 is 0. The van der Waals surface area contributed by atoms with Crippen LogP contribution in [0.3, 0.4) is 0 Å². The normalized spacial score (nSPS) is 25.8. The summed E-state index contributed by atoms with van der Waals surface area (Å²) in [6.07, 6.45) is 1.61. The molecule has 0 bridgehead atoms. The lowest BCUT2D eigenvalue weighted by atomic mass is 9.93. The molecule has 0 saturated carbocycles. The third-order valence-electron chi connectivity index (χ3n) is 3.00. The Balaban J connectivity index is 2.25. The molecule has 1 aromatic rings. The van der Waals surface area contributed by atoms with Crippen molar-refractivity contribution in [3.8, 4) is 0 Å². The highest BCUT2D eigenvalue weighted by atomic mass is 16.4. The van der Waals surface area contributed by atoms with E-state index < -0.39 is 12.0 Å². The predicted molar refractivity (Wildman–Crippen MR) is 56.0 cm³/mol. The molecule has 1 aromatic heterocycles. The molecule has 1 saturated heterocycles. The summed E-state index contributed by atoms with van der Waals surface area (Å²) in [5.41, 5.74) is 0. The number of carbonyl (C=O) groups is 1. The zero-order valence-corrected chi connectivity index (χ0v) is 9.37. The molecular weight excluding hydrogens is 210 g/mol. The van der Waals surface area contributed by atoms with E-state index in [2.05, 4.69) is 22.4 Å². The molecule has 1 aliphatic heterocycles. The number of aliphatic carboxylic acids is 1. The van der Waals surface area contributed by atoms with Gasteiger partial charge in [0.25, 0.3) is 0 Å². The molecule has 88 valence electrons. The Morgan fingerprint density at radius 2 is 2.31 bits per heavy atom. The molecule has 2 rings (SSSR count). The molecule has 1 N–H and O–H groups in total. The number of anilines is 1. The molecule has 1 aliphatic rings. The first-order chi connectivity index (χ1) is 7.59. The molecule has 16 heavy (non-hydrogen) atoms. The van der Waals surface area contributed by atoms with E-state index in [1.807, 2.05) is 0 Å². The van der Waals surface area contributed by atoms with E-state index in [1.54, 1.807) is 11.9 Å². The van der Waals surface area contributed by atoms with E-state index in [0.717, 1.165) is 6.42 Å². The van der Waals surface area contributed by atoms with Crippen molar-refractivity contribution in [2.75, 3.05) is 11.4 Å². The van der Waals surface area contributed by atoms with Crippen LogP contribution in [0.5, 0.6) is 0 Å². The highest BCUT2D eigenvalue weighted by molar-refractivity contribution is 5.77. The Bertz CT molecular complexity index is 391. The predicted octanol–water partition coefficient (Wildman–Crippen LogP) is -0.100. The smallest absolute Gasteiger partial charge is 0.326 e. The van der Waals surface area contributed by atoms with Gasteiger partial charge in [0, 0.05) is 13.6 Å². The fourth-order valence-corrected chi connectivity index (χ4v) is 2.08. The first-order valence-corrected chi connectivity index (χ1v) is 5.31. The Morgan fingerprint density at radius 1 is 1.56 bits per heavy atom. The van der Waals surface area contributed by atoms with Gasteiger partial charge in [0.05, 0.1) is 0 Å². The summed E-state index contributed by atoms with van der Waals surface area (Å²) in [7, 11) is 1.71. The van der Waals surface area contributed by atoms with E-state index in [9.17, 15) is 9.90 Å². The minimum absolute atomic E-state index is 0.429. The van der Waals surface area contributed by atoms with Gasteiger partial charge in [-0.1, -0.05) is 12.0 Å². The number of piperidine rings is 1. The highest BCUT2D eigenvalue weighted by Crippen LogP contribution is 2.25. The fourth-order valence-electron chi connectivity index (χ4n) is 2.08. The summed E-state index contributed by atoms with van der Waals surface area (Å²) in [6.45, 7) is 2.76.